The van der Waals surface area contributed by atoms with Gasteiger partial charge in [-0.1, -0.05) is 0 Å². The van der Waals surface area contributed by atoms with Crippen LogP contribution in [-0.2, 0) is 4.79 Å². The number of anilines is 2. The summed E-state index contributed by atoms with van der Waals surface area (Å²) in [6.45, 7) is 3.58. The van der Waals surface area contributed by atoms with Crippen LogP contribution in [0.3, 0.4) is 0 Å². The summed E-state index contributed by atoms with van der Waals surface area (Å²) in [5, 5.41) is 2.90. The van der Waals surface area contributed by atoms with Gasteiger partial charge in [-0.05, 0) is 50.8 Å². The van der Waals surface area contributed by atoms with Crippen LogP contribution in [-0.4, -0.2) is 29.2 Å². The molecule has 1 heterocycles. The quantitative estimate of drug-likeness (QED) is 0.799. The summed E-state index contributed by atoms with van der Waals surface area (Å²) in [5.41, 5.74) is 6.39. The van der Waals surface area contributed by atoms with Gasteiger partial charge in [0.1, 0.15) is 4.33 Å². The van der Waals surface area contributed by atoms with Crippen LogP contribution in [0.4, 0.5) is 11.4 Å². The molecule has 3 N–H and O–H groups in total. The zero-order chi connectivity index (χ0) is 17.5. The van der Waals surface area contributed by atoms with Crippen LogP contribution in [0.15, 0.2) is 18.2 Å². The first-order valence-electron chi connectivity index (χ1n) is 8.13. The number of piperidine rings is 1. The largest absolute Gasteiger partial charge is 0.370 e. The van der Waals surface area contributed by atoms with E-state index >= 15 is 0 Å². The molecule has 130 valence electrons. The van der Waals surface area contributed by atoms with Gasteiger partial charge in [-0.15, -0.1) is 23.2 Å². The molecule has 0 radical (unpaired) electrons. The fourth-order valence-corrected chi connectivity index (χ4v) is 3.81. The topological polar surface area (TPSA) is 75.4 Å². The Morgan fingerprint density at radius 3 is 2.38 bits per heavy atom. The van der Waals surface area contributed by atoms with Gasteiger partial charge in [0.05, 0.1) is 16.8 Å². The van der Waals surface area contributed by atoms with Crippen molar-refractivity contribution < 1.29 is 9.59 Å². The Hall–Kier alpha value is -1.46. The van der Waals surface area contributed by atoms with Crippen molar-refractivity contribution in [1.82, 2.24) is 0 Å². The molecule has 7 heteroatoms. The minimum atomic E-state index is -1.04. The van der Waals surface area contributed by atoms with Gasteiger partial charge in [-0.3, -0.25) is 9.59 Å². The minimum absolute atomic E-state index is 0.243. The van der Waals surface area contributed by atoms with Crippen molar-refractivity contribution in [2.24, 2.45) is 11.1 Å². The molecule has 24 heavy (non-hydrogen) atoms. The van der Waals surface area contributed by atoms with Crippen LogP contribution in [0.5, 0.6) is 0 Å². The third-order valence-corrected chi connectivity index (χ3v) is 6.09. The molecule has 0 unspecified atom stereocenters. The van der Waals surface area contributed by atoms with Crippen molar-refractivity contribution in [2.45, 2.75) is 36.9 Å². The number of nitrogens with zero attached hydrogens (tertiary/aromatic N) is 1. The van der Waals surface area contributed by atoms with Gasteiger partial charge in [0.2, 0.25) is 11.8 Å². The summed E-state index contributed by atoms with van der Waals surface area (Å²) in [4.78, 5) is 26.3. The molecule has 0 aromatic heterocycles. The second-order valence-electron chi connectivity index (χ2n) is 6.81. The van der Waals surface area contributed by atoms with E-state index in [1.54, 1.807) is 19.1 Å². The maximum absolute atomic E-state index is 12.6. The maximum Gasteiger partial charge on any atom is 0.248 e. The highest BCUT2D eigenvalue weighted by Crippen LogP contribution is 2.64. The highest BCUT2D eigenvalue weighted by Gasteiger charge is 2.67. The molecular formula is C17H21Cl2N3O2. The Morgan fingerprint density at radius 1 is 1.21 bits per heavy atom. The molecular weight excluding hydrogens is 349 g/mol. The Kier molecular flexibility index (Phi) is 4.43. The number of hydrogen-bond donors (Lipinski definition) is 2. The Balaban J connectivity index is 1.90. The summed E-state index contributed by atoms with van der Waals surface area (Å²) in [6, 6.07) is 5.15. The van der Waals surface area contributed by atoms with E-state index in [1.165, 1.54) is 6.42 Å². The number of amides is 2. The van der Waals surface area contributed by atoms with Crippen LogP contribution >= 0.6 is 23.2 Å². The highest BCUT2D eigenvalue weighted by molar-refractivity contribution is 6.53. The molecule has 1 saturated carbocycles. The molecule has 3 rings (SSSR count). The lowest BCUT2D eigenvalue weighted by Gasteiger charge is -2.31. The number of primary amides is 1. The number of benzene rings is 1. The SMILES string of the molecule is C[C@]1(C(=O)Nc2cc(C(N)=O)ccc2N2CCCCC2)CC1(Cl)Cl. The fourth-order valence-electron chi connectivity index (χ4n) is 3.11. The third-order valence-electron chi connectivity index (χ3n) is 4.99. The van der Waals surface area contributed by atoms with Crippen LogP contribution in [0.2, 0.25) is 0 Å². The first kappa shape index (κ1) is 17.4. The van der Waals surface area contributed by atoms with Crippen LogP contribution < -0.4 is 16.0 Å². The van der Waals surface area contributed by atoms with Gasteiger partial charge in [-0.25, -0.2) is 0 Å². The Labute approximate surface area is 151 Å². The second kappa shape index (κ2) is 6.12. The highest BCUT2D eigenvalue weighted by atomic mass is 35.5. The number of carbonyl (C=O) groups is 2. The summed E-state index contributed by atoms with van der Waals surface area (Å²) in [5.74, 6) is -0.773. The van der Waals surface area contributed by atoms with E-state index in [0.29, 0.717) is 17.7 Å². The van der Waals surface area contributed by atoms with E-state index in [1.807, 2.05) is 6.07 Å². The van der Waals surface area contributed by atoms with Crippen molar-refractivity contribution >= 4 is 46.4 Å². The lowest BCUT2D eigenvalue weighted by molar-refractivity contribution is -0.120. The number of nitrogens with one attached hydrogen (secondary N) is 1. The van der Waals surface area contributed by atoms with E-state index < -0.39 is 15.7 Å². The standard InChI is InChI=1S/C17H21Cl2N3O2/c1-16(10-17(16,18)19)15(24)21-12-9-11(14(20)23)5-6-13(12)22-7-3-2-4-8-22/h5-6,9H,2-4,7-8,10H2,1H3,(H2,20,23)(H,21,24)/t16-/m1/s1. The zero-order valence-corrected chi connectivity index (χ0v) is 15.1. The molecule has 2 aliphatic rings. The molecule has 0 bridgehead atoms. The molecule has 2 fully saturated rings. The normalized spacial score (nSPS) is 25.2. The summed E-state index contributed by atoms with van der Waals surface area (Å²) < 4.78 is -1.04. The van der Waals surface area contributed by atoms with Crippen molar-refractivity contribution in [3.8, 4) is 0 Å². The molecule has 1 aliphatic carbocycles. The molecule has 2 amide bonds. The second-order valence-corrected chi connectivity index (χ2v) is 8.30. The van der Waals surface area contributed by atoms with E-state index in [9.17, 15) is 9.59 Å². The van der Waals surface area contributed by atoms with Crippen LogP contribution in [0.1, 0.15) is 43.0 Å². The predicted molar refractivity (Wildman–Crippen MR) is 96.8 cm³/mol. The summed E-state index contributed by atoms with van der Waals surface area (Å²) in [7, 11) is 0. The molecule has 0 spiro atoms. The maximum atomic E-state index is 12.6. The monoisotopic (exact) mass is 369 g/mol. The van der Waals surface area contributed by atoms with Crippen molar-refractivity contribution in [1.29, 1.82) is 0 Å². The lowest BCUT2D eigenvalue weighted by atomic mass is 10.1. The molecule has 5 nitrogen and oxygen atoms in total. The average molecular weight is 370 g/mol. The Morgan fingerprint density at radius 2 is 1.83 bits per heavy atom. The number of rotatable bonds is 4. The van der Waals surface area contributed by atoms with E-state index in [4.69, 9.17) is 28.9 Å². The predicted octanol–water partition coefficient (Wildman–Crippen LogP) is 3.30. The number of hydrogen-bond acceptors (Lipinski definition) is 3. The average Bonchev–Trinajstić information content (AvgIpc) is 3.07. The number of halogens is 2. The van der Waals surface area contributed by atoms with E-state index in [0.717, 1.165) is 31.6 Å². The van der Waals surface area contributed by atoms with E-state index in [2.05, 4.69) is 10.2 Å². The molecule has 1 aliphatic heterocycles. The lowest BCUT2D eigenvalue weighted by Crippen LogP contribution is -2.32. The number of alkyl halides is 2. The van der Waals surface area contributed by atoms with Gasteiger partial charge in [0.15, 0.2) is 0 Å². The molecule has 1 saturated heterocycles. The van der Waals surface area contributed by atoms with Crippen molar-refractivity contribution in [2.75, 3.05) is 23.3 Å². The molecule has 1 aromatic carbocycles. The van der Waals surface area contributed by atoms with Crippen LogP contribution in [0, 0.1) is 5.41 Å². The molecule has 1 aromatic rings. The third kappa shape index (κ3) is 3.07. The van der Waals surface area contributed by atoms with Gasteiger partial charge < -0.3 is 16.0 Å². The zero-order valence-electron chi connectivity index (χ0n) is 13.6. The van der Waals surface area contributed by atoms with Crippen molar-refractivity contribution in [3.05, 3.63) is 23.8 Å². The minimum Gasteiger partial charge on any atom is -0.370 e. The van der Waals surface area contributed by atoms with Crippen molar-refractivity contribution in [3.63, 3.8) is 0 Å². The fraction of sp³-hybridized carbons (Fsp3) is 0.529. The number of carbonyl (C=O) groups excluding carboxylic acids is 2. The van der Waals surface area contributed by atoms with Crippen LogP contribution in [0.25, 0.3) is 0 Å². The van der Waals surface area contributed by atoms with E-state index in [-0.39, 0.29) is 5.91 Å². The van der Waals surface area contributed by atoms with Gasteiger partial charge in [-0.2, -0.15) is 0 Å². The summed E-state index contributed by atoms with van der Waals surface area (Å²) in [6.07, 6.45) is 3.82. The van der Waals surface area contributed by atoms with Gasteiger partial charge in [0.25, 0.3) is 0 Å². The smallest absolute Gasteiger partial charge is 0.248 e. The number of nitrogens with two attached hydrogens (primary N) is 1. The first-order chi connectivity index (χ1) is 11.2. The molecule has 1 atom stereocenters. The summed E-state index contributed by atoms with van der Waals surface area (Å²) >= 11 is 12.2. The van der Waals surface area contributed by atoms with Gasteiger partial charge >= 0.3 is 0 Å². The Bertz CT molecular complexity index is 686. The first-order valence-corrected chi connectivity index (χ1v) is 8.88. The van der Waals surface area contributed by atoms with Gasteiger partial charge in [0, 0.05) is 18.7 Å².